The van der Waals surface area contributed by atoms with Crippen molar-refractivity contribution >= 4 is 34.1 Å². The zero-order chi connectivity index (χ0) is 9.30. The van der Waals surface area contributed by atoms with Crippen LogP contribution in [0.4, 0.5) is 10.1 Å². The fourth-order valence-corrected chi connectivity index (χ4v) is 1.16. The molecule has 1 aromatic rings. The topological polar surface area (TPSA) is 43.1 Å². The van der Waals surface area contributed by atoms with Crippen molar-refractivity contribution in [3.63, 3.8) is 0 Å². The Morgan fingerprint density at radius 1 is 1.50 bits per heavy atom. The first-order valence-electron chi connectivity index (χ1n) is 2.96. The van der Waals surface area contributed by atoms with Gasteiger partial charge in [-0.15, -0.1) is 0 Å². The van der Waals surface area contributed by atoms with Gasteiger partial charge in [0.2, 0.25) is 0 Å². The van der Waals surface area contributed by atoms with E-state index in [0.717, 1.165) is 12.1 Å². The molecule has 64 valence electrons. The van der Waals surface area contributed by atoms with Gasteiger partial charge in [0.15, 0.2) is 0 Å². The lowest BCUT2D eigenvalue weighted by Gasteiger charge is -2.00. The summed E-state index contributed by atoms with van der Waals surface area (Å²) in [5.41, 5.74) is 5.04. The van der Waals surface area contributed by atoms with Crippen molar-refractivity contribution in [2.75, 3.05) is 5.73 Å². The first kappa shape index (κ1) is 9.29. The molecule has 0 aliphatic rings. The fourth-order valence-electron chi connectivity index (χ4n) is 0.716. The van der Waals surface area contributed by atoms with Gasteiger partial charge in [-0.3, -0.25) is 4.79 Å². The average molecular weight is 208 g/mol. The van der Waals surface area contributed by atoms with Crippen molar-refractivity contribution in [1.82, 2.24) is 0 Å². The molecule has 1 aromatic carbocycles. The van der Waals surface area contributed by atoms with Crippen LogP contribution in [-0.2, 0) is 0 Å². The highest BCUT2D eigenvalue weighted by molar-refractivity contribution is 6.68. The summed E-state index contributed by atoms with van der Waals surface area (Å²) in [5, 5.41) is -0.798. The van der Waals surface area contributed by atoms with Crippen LogP contribution >= 0.6 is 23.2 Å². The van der Waals surface area contributed by atoms with Crippen molar-refractivity contribution in [3.05, 3.63) is 28.5 Å². The van der Waals surface area contributed by atoms with E-state index < -0.39 is 11.1 Å². The first-order valence-corrected chi connectivity index (χ1v) is 3.72. The predicted molar refractivity (Wildman–Crippen MR) is 46.0 cm³/mol. The first-order chi connectivity index (χ1) is 5.52. The zero-order valence-corrected chi connectivity index (χ0v) is 7.29. The molecule has 12 heavy (non-hydrogen) atoms. The number of rotatable bonds is 1. The van der Waals surface area contributed by atoms with E-state index in [1.165, 1.54) is 0 Å². The third-order valence-corrected chi connectivity index (χ3v) is 1.81. The molecule has 0 saturated heterocycles. The minimum Gasteiger partial charge on any atom is -0.396 e. The normalized spacial score (nSPS) is 9.92. The Bertz CT molecular complexity index is 340. The van der Waals surface area contributed by atoms with Crippen LogP contribution in [0.3, 0.4) is 0 Å². The summed E-state index contributed by atoms with van der Waals surface area (Å²) >= 11 is 10.6. The average Bonchev–Trinajstić information content (AvgIpc) is 1.96. The van der Waals surface area contributed by atoms with E-state index in [-0.39, 0.29) is 16.3 Å². The van der Waals surface area contributed by atoms with Crippen LogP contribution in [0.2, 0.25) is 5.02 Å². The van der Waals surface area contributed by atoms with Gasteiger partial charge in [-0.1, -0.05) is 11.6 Å². The van der Waals surface area contributed by atoms with E-state index in [4.69, 9.17) is 28.9 Å². The standard InChI is InChI=1S/C7H4Cl2FNO/c8-4-2-5(10)6(11)1-3(4)7(9)12/h1-2H,11H2. The lowest BCUT2D eigenvalue weighted by atomic mass is 10.2. The molecular weight excluding hydrogens is 204 g/mol. The summed E-state index contributed by atoms with van der Waals surface area (Å²) in [6, 6.07) is 2.06. The molecule has 0 fully saturated rings. The van der Waals surface area contributed by atoms with Gasteiger partial charge in [0, 0.05) is 0 Å². The van der Waals surface area contributed by atoms with Crippen LogP contribution in [-0.4, -0.2) is 5.24 Å². The molecule has 0 saturated carbocycles. The van der Waals surface area contributed by atoms with Crippen molar-refractivity contribution in [1.29, 1.82) is 0 Å². The van der Waals surface area contributed by atoms with Gasteiger partial charge in [-0.05, 0) is 23.7 Å². The van der Waals surface area contributed by atoms with Crippen LogP contribution in [0.25, 0.3) is 0 Å². The Balaban J connectivity index is 3.33. The smallest absolute Gasteiger partial charge is 0.253 e. The molecule has 0 atom stereocenters. The van der Waals surface area contributed by atoms with Crippen LogP contribution < -0.4 is 5.73 Å². The number of hydrogen-bond donors (Lipinski definition) is 1. The molecule has 0 aliphatic heterocycles. The number of anilines is 1. The molecule has 1 rings (SSSR count). The number of hydrogen-bond acceptors (Lipinski definition) is 2. The number of carbonyl (C=O) groups is 1. The fraction of sp³-hybridized carbons (Fsp3) is 0. The Morgan fingerprint density at radius 3 is 2.58 bits per heavy atom. The third-order valence-electron chi connectivity index (χ3n) is 1.30. The molecule has 2 nitrogen and oxygen atoms in total. The quantitative estimate of drug-likeness (QED) is 0.568. The molecule has 0 unspecified atom stereocenters. The van der Waals surface area contributed by atoms with Gasteiger partial charge >= 0.3 is 0 Å². The maximum absolute atomic E-state index is 12.7. The summed E-state index contributed by atoms with van der Waals surface area (Å²) in [5.74, 6) is -0.665. The Morgan fingerprint density at radius 2 is 2.08 bits per heavy atom. The number of nitrogens with two attached hydrogens (primary N) is 1. The Hall–Kier alpha value is -0.800. The SMILES string of the molecule is Nc1cc(C(=O)Cl)c(Cl)cc1F. The Labute approximate surface area is 78.1 Å². The molecule has 0 aromatic heterocycles. The monoisotopic (exact) mass is 207 g/mol. The third kappa shape index (κ3) is 1.68. The van der Waals surface area contributed by atoms with Gasteiger partial charge in [0.05, 0.1) is 16.3 Å². The molecule has 0 heterocycles. The number of benzene rings is 1. The predicted octanol–water partition coefficient (Wildman–Crippen LogP) is 2.44. The van der Waals surface area contributed by atoms with Crippen LogP contribution in [0.1, 0.15) is 10.4 Å². The number of carbonyl (C=O) groups excluding carboxylic acids is 1. The molecule has 0 bridgehead atoms. The van der Waals surface area contributed by atoms with E-state index in [0.29, 0.717) is 0 Å². The highest BCUT2D eigenvalue weighted by Crippen LogP contribution is 2.23. The van der Waals surface area contributed by atoms with Gasteiger partial charge < -0.3 is 5.73 Å². The van der Waals surface area contributed by atoms with E-state index in [1.54, 1.807) is 0 Å². The van der Waals surface area contributed by atoms with E-state index in [9.17, 15) is 9.18 Å². The zero-order valence-electron chi connectivity index (χ0n) is 5.77. The molecule has 0 aliphatic carbocycles. The van der Waals surface area contributed by atoms with E-state index >= 15 is 0 Å². The summed E-state index contributed by atoms with van der Waals surface area (Å²) in [6.45, 7) is 0. The summed E-state index contributed by atoms with van der Waals surface area (Å²) in [7, 11) is 0. The molecular formula is C7H4Cl2FNO. The molecule has 0 spiro atoms. The van der Waals surface area contributed by atoms with Gasteiger partial charge in [-0.25, -0.2) is 4.39 Å². The second-order valence-corrected chi connectivity index (χ2v) is 2.88. The molecule has 0 radical (unpaired) electrons. The molecule has 2 N–H and O–H groups in total. The van der Waals surface area contributed by atoms with Gasteiger partial charge in [0.25, 0.3) is 5.24 Å². The second-order valence-electron chi connectivity index (χ2n) is 2.13. The van der Waals surface area contributed by atoms with Crippen molar-refractivity contribution < 1.29 is 9.18 Å². The molecule has 5 heteroatoms. The summed E-state index contributed by atoms with van der Waals surface area (Å²) in [4.78, 5) is 10.6. The van der Waals surface area contributed by atoms with Crippen LogP contribution in [0, 0.1) is 5.82 Å². The van der Waals surface area contributed by atoms with Gasteiger partial charge in [-0.2, -0.15) is 0 Å². The highest BCUT2D eigenvalue weighted by atomic mass is 35.5. The van der Waals surface area contributed by atoms with Crippen LogP contribution in [0.5, 0.6) is 0 Å². The van der Waals surface area contributed by atoms with Crippen molar-refractivity contribution in [3.8, 4) is 0 Å². The van der Waals surface area contributed by atoms with Crippen LogP contribution in [0.15, 0.2) is 12.1 Å². The summed E-state index contributed by atoms with van der Waals surface area (Å²) < 4.78 is 12.7. The Kier molecular flexibility index (Phi) is 2.55. The van der Waals surface area contributed by atoms with E-state index in [1.807, 2.05) is 0 Å². The maximum Gasteiger partial charge on any atom is 0.253 e. The highest BCUT2D eigenvalue weighted by Gasteiger charge is 2.10. The van der Waals surface area contributed by atoms with Gasteiger partial charge in [0.1, 0.15) is 5.82 Å². The maximum atomic E-state index is 12.7. The van der Waals surface area contributed by atoms with E-state index in [2.05, 4.69) is 0 Å². The van der Waals surface area contributed by atoms with Crippen molar-refractivity contribution in [2.45, 2.75) is 0 Å². The number of nitrogen functional groups attached to an aromatic ring is 1. The lowest BCUT2D eigenvalue weighted by Crippen LogP contribution is -1.96. The minimum atomic E-state index is -0.758. The second kappa shape index (κ2) is 3.29. The lowest BCUT2D eigenvalue weighted by molar-refractivity contribution is 0.108. The number of halogens is 3. The minimum absolute atomic E-state index is 0.0113. The largest absolute Gasteiger partial charge is 0.396 e. The summed E-state index contributed by atoms with van der Waals surface area (Å²) in [6.07, 6.45) is 0. The molecule has 0 amide bonds. The van der Waals surface area contributed by atoms with Crippen molar-refractivity contribution in [2.24, 2.45) is 0 Å².